The minimum Gasteiger partial charge on any atom is -0.371 e. The van der Waals surface area contributed by atoms with E-state index in [-0.39, 0.29) is 5.91 Å². The van der Waals surface area contributed by atoms with E-state index in [2.05, 4.69) is 10.4 Å². The van der Waals surface area contributed by atoms with E-state index in [0.717, 1.165) is 0 Å². The Morgan fingerprint density at radius 3 is 2.29 bits per heavy atom. The van der Waals surface area contributed by atoms with Gasteiger partial charge in [0, 0.05) is 13.5 Å². The largest absolute Gasteiger partial charge is 0.371 e. The van der Waals surface area contributed by atoms with Crippen LogP contribution in [0.25, 0.3) is 0 Å². The molecule has 2 nitrogen and oxygen atoms in total. The summed E-state index contributed by atoms with van der Waals surface area (Å²) in [4.78, 5) is 10.3. The molecule has 0 atom stereocenters. The molecular weight excluding hydrogens is 106 g/mol. The van der Waals surface area contributed by atoms with Gasteiger partial charge in [0.2, 0.25) is 5.91 Å². The van der Waals surface area contributed by atoms with Crippen LogP contribution in [0.4, 0.5) is 0 Å². The summed E-state index contributed by atoms with van der Waals surface area (Å²) in [7, 11) is 3.07. The summed E-state index contributed by atoms with van der Waals surface area (Å²) in [5, 5.41) is 0. The molecule has 0 unspecified atom stereocenters. The molecule has 0 aromatic rings. The standard InChI is InChI=1S/C4H8NOSi/c1-3-5(7)4(2)6/h3H2,1-2H3. The normalized spacial score (nSPS) is 8.43. The van der Waals surface area contributed by atoms with E-state index in [4.69, 9.17) is 0 Å². The highest BCUT2D eigenvalue weighted by Gasteiger charge is 1.94. The zero-order valence-electron chi connectivity index (χ0n) is 4.56. The van der Waals surface area contributed by atoms with Gasteiger partial charge in [-0.05, 0) is 6.92 Å². The molecule has 0 spiro atoms. The first-order valence-electron chi connectivity index (χ1n) is 2.17. The van der Waals surface area contributed by atoms with Crippen molar-refractivity contribution in [1.29, 1.82) is 0 Å². The third kappa shape index (κ3) is 2.39. The van der Waals surface area contributed by atoms with Gasteiger partial charge in [0.25, 0.3) is 0 Å². The van der Waals surface area contributed by atoms with Crippen molar-refractivity contribution < 1.29 is 4.79 Å². The summed E-state index contributed by atoms with van der Waals surface area (Å²) in [6, 6.07) is 0. The number of hydrogen-bond acceptors (Lipinski definition) is 1. The maximum absolute atomic E-state index is 10.3. The summed E-state index contributed by atoms with van der Waals surface area (Å²) in [6.45, 7) is 4.12. The predicted octanol–water partition coefficient (Wildman–Crippen LogP) is -0.0617. The second kappa shape index (κ2) is 2.79. The Morgan fingerprint density at radius 2 is 2.29 bits per heavy atom. The van der Waals surface area contributed by atoms with Crippen molar-refractivity contribution in [3.05, 3.63) is 0 Å². The lowest BCUT2D eigenvalue weighted by molar-refractivity contribution is -0.124. The molecule has 7 heavy (non-hydrogen) atoms. The van der Waals surface area contributed by atoms with Crippen molar-refractivity contribution >= 4 is 16.3 Å². The fourth-order valence-corrected chi connectivity index (χ4v) is 0.223. The van der Waals surface area contributed by atoms with Crippen LogP contribution >= 0.6 is 0 Å². The van der Waals surface area contributed by atoms with Gasteiger partial charge in [0.1, 0.15) is 0 Å². The maximum atomic E-state index is 10.3. The molecule has 0 bridgehead atoms. The van der Waals surface area contributed by atoms with Crippen molar-refractivity contribution in [2.45, 2.75) is 13.8 Å². The Balaban J connectivity index is 3.34. The van der Waals surface area contributed by atoms with Gasteiger partial charge in [0.15, 0.2) is 10.4 Å². The number of nitrogens with zero attached hydrogens (tertiary/aromatic N) is 1. The monoisotopic (exact) mass is 114 g/mol. The number of rotatable bonds is 1. The Morgan fingerprint density at radius 1 is 1.86 bits per heavy atom. The molecule has 0 fully saturated rings. The minimum atomic E-state index is 0.0409. The van der Waals surface area contributed by atoms with Gasteiger partial charge < -0.3 is 4.57 Å². The molecule has 1 amide bonds. The van der Waals surface area contributed by atoms with E-state index >= 15 is 0 Å². The van der Waals surface area contributed by atoms with Crippen LogP contribution in [0, 0.1) is 0 Å². The second-order valence-electron chi connectivity index (χ2n) is 1.26. The lowest BCUT2D eigenvalue weighted by atomic mass is 10.6. The zero-order valence-corrected chi connectivity index (χ0v) is 5.56. The third-order valence-electron chi connectivity index (χ3n) is 0.696. The average Bonchev–Trinajstić information content (AvgIpc) is 1.65. The molecule has 0 aromatic heterocycles. The molecule has 3 radical (unpaired) electrons. The summed E-state index contributed by atoms with van der Waals surface area (Å²) in [6.07, 6.45) is 0. The van der Waals surface area contributed by atoms with Crippen molar-refractivity contribution in [3.63, 3.8) is 0 Å². The van der Waals surface area contributed by atoms with Crippen LogP contribution in [-0.2, 0) is 4.79 Å². The van der Waals surface area contributed by atoms with Crippen molar-refractivity contribution in [3.8, 4) is 0 Å². The Bertz CT molecular complexity index is 74.1. The first kappa shape index (κ1) is 6.69. The van der Waals surface area contributed by atoms with Crippen LogP contribution < -0.4 is 0 Å². The summed E-state index contributed by atoms with van der Waals surface area (Å²) >= 11 is 0. The Kier molecular flexibility index (Phi) is 2.67. The minimum absolute atomic E-state index is 0.0409. The molecule has 39 valence electrons. The lowest BCUT2D eigenvalue weighted by Gasteiger charge is -2.08. The van der Waals surface area contributed by atoms with Gasteiger partial charge in [-0.3, -0.25) is 4.79 Å². The van der Waals surface area contributed by atoms with Crippen molar-refractivity contribution in [1.82, 2.24) is 4.57 Å². The Hall–Kier alpha value is -0.313. The van der Waals surface area contributed by atoms with Crippen LogP contribution in [0.1, 0.15) is 13.8 Å². The third-order valence-corrected chi connectivity index (χ3v) is 1.33. The van der Waals surface area contributed by atoms with Gasteiger partial charge in [-0.15, -0.1) is 0 Å². The van der Waals surface area contributed by atoms with E-state index in [9.17, 15) is 4.79 Å². The van der Waals surface area contributed by atoms with E-state index in [1.807, 2.05) is 6.92 Å². The summed E-state index contributed by atoms with van der Waals surface area (Å²) < 4.78 is 1.46. The highest BCUT2D eigenvalue weighted by Crippen LogP contribution is 1.76. The SMILES string of the molecule is CCN([Si])C(C)=O. The predicted molar refractivity (Wildman–Crippen MR) is 28.8 cm³/mol. The lowest BCUT2D eigenvalue weighted by Crippen LogP contribution is -2.24. The van der Waals surface area contributed by atoms with Gasteiger partial charge in [-0.25, -0.2) is 0 Å². The second-order valence-corrected chi connectivity index (χ2v) is 1.80. The maximum Gasteiger partial charge on any atom is 0.211 e. The molecule has 0 rings (SSSR count). The number of amides is 1. The van der Waals surface area contributed by atoms with Crippen LogP contribution in [0.3, 0.4) is 0 Å². The smallest absolute Gasteiger partial charge is 0.211 e. The highest BCUT2D eigenvalue weighted by atomic mass is 28.2. The van der Waals surface area contributed by atoms with Crippen LogP contribution in [0.15, 0.2) is 0 Å². The number of carbonyl (C=O) groups is 1. The van der Waals surface area contributed by atoms with Gasteiger partial charge in [-0.2, -0.15) is 0 Å². The molecule has 0 heterocycles. The van der Waals surface area contributed by atoms with Gasteiger partial charge in [-0.1, -0.05) is 0 Å². The molecular formula is C4H8NOSi. The average molecular weight is 114 g/mol. The fourth-order valence-electron chi connectivity index (χ4n) is 0.223. The molecule has 0 saturated heterocycles. The molecule has 0 saturated carbocycles. The number of carbonyl (C=O) groups excluding carboxylic acids is 1. The number of hydrogen-bond donors (Lipinski definition) is 0. The van der Waals surface area contributed by atoms with Crippen LogP contribution in [0.2, 0.25) is 0 Å². The van der Waals surface area contributed by atoms with Crippen LogP contribution in [0.5, 0.6) is 0 Å². The molecule has 3 heteroatoms. The fraction of sp³-hybridized carbons (Fsp3) is 0.750. The first-order valence-corrected chi connectivity index (χ1v) is 2.62. The van der Waals surface area contributed by atoms with E-state index in [1.54, 1.807) is 0 Å². The topological polar surface area (TPSA) is 20.3 Å². The van der Waals surface area contributed by atoms with Crippen molar-refractivity contribution in [2.24, 2.45) is 0 Å². The first-order chi connectivity index (χ1) is 3.18. The molecule has 0 aliphatic heterocycles. The highest BCUT2D eigenvalue weighted by molar-refractivity contribution is 6.13. The van der Waals surface area contributed by atoms with E-state index < -0.39 is 0 Å². The molecule has 0 aromatic carbocycles. The van der Waals surface area contributed by atoms with Gasteiger partial charge in [0.05, 0.1) is 0 Å². The van der Waals surface area contributed by atoms with Crippen LogP contribution in [-0.4, -0.2) is 27.4 Å². The zero-order chi connectivity index (χ0) is 5.86. The van der Waals surface area contributed by atoms with E-state index in [1.165, 1.54) is 11.5 Å². The summed E-state index contributed by atoms with van der Waals surface area (Å²) in [5.41, 5.74) is 0. The summed E-state index contributed by atoms with van der Waals surface area (Å²) in [5.74, 6) is 0.0409. The molecule has 0 aliphatic rings. The molecule has 0 aliphatic carbocycles. The molecule has 0 N–H and O–H groups in total. The van der Waals surface area contributed by atoms with E-state index in [0.29, 0.717) is 6.54 Å². The van der Waals surface area contributed by atoms with Crippen molar-refractivity contribution in [2.75, 3.05) is 6.54 Å². The Labute approximate surface area is 47.0 Å². The quantitative estimate of drug-likeness (QED) is 0.437. The van der Waals surface area contributed by atoms with Gasteiger partial charge >= 0.3 is 0 Å².